The lowest BCUT2D eigenvalue weighted by Gasteiger charge is -2.09. The van der Waals surface area contributed by atoms with E-state index >= 15 is 0 Å². The van der Waals surface area contributed by atoms with E-state index in [4.69, 9.17) is 11.5 Å². The van der Waals surface area contributed by atoms with Crippen LogP contribution < -0.4 is 11.5 Å². The maximum absolute atomic E-state index is 5.65. The molecule has 0 spiro atoms. The molecule has 17 heavy (non-hydrogen) atoms. The molecule has 0 heterocycles. The first-order chi connectivity index (χ1) is 7.99. The molecule has 0 bridgehead atoms. The molecule has 1 aliphatic carbocycles. The lowest BCUT2D eigenvalue weighted by Crippen LogP contribution is -2.32. The Bertz CT molecular complexity index is 388. The van der Waals surface area contributed by atoms with Gasteiger partial charge in [-0.3, -0.25) is 4.99 Å². The fourth-order valence-electron chi connectivity index (χ4n) is 1.45. The Labute approximate surface area is 103 Å². The van der Waals surface area contributed by atoms with Crippen LogP contribution in [0.5, 0.6) is 0 Å². The number of hydrogen-bond acceptors (Lipinski definition) is 1. The van der Waals surface area contributed by atoms with Crippen LogP contribution in [0, 0.1) is 0 Å². The van der Waals surface area contributed by atoms with E-state index in [1.807, 2.05) is 14.1 Å². The van der Waals surface area contributed by atoms with Gasteiger partial charge in [0.05, 0.1) is 0 Å². The second-order valence-corrected chi connectivity index (χ2v) is 4.33. The quantitative estimate of drug-likeness (QED) is 0.562. The zero-order valence-electron chi connectivity index (χ0n) is 10.8. The molecule has 0 amide bonds. The lowest BCUT2D eigenvalue weighted by atomic mass is 10.2. The summed E-state index contributed by atoms with van der Waals surface area (Å²) < 4.78 is 0. The highest BCUT2D eigenvalue weighted by Gasteiger charge is 2.02. The van der Waals surface area contributed by atoms with Crippen LogP contribution in [0.1, 0.15) is 19.8 Å². The molecule has 0 fully saturated rings. The molecular weight excluding hydrogens is 214 g/mol. The van der Waals surface area contributed by atoms with E-state index in [0.29, 0.717) is 12.5 Å². The number of rotatable bonds is 3. The minimum Gasteiger partial charge on any atom is -0.369 e. The first-order valence-corrected chi connectivity index (χ1v) is 5.66. The average molecular weight is 235 g/mol. The second kappa shape index (κ2) is 6.08. The zero-order valence-corrected chi connectivity index (χ0v) is 10.8. The molecule has 0 unspecified atom stereocenters. The van der Waals surface area contributed by atoms with Crippen LogP contribution in [0.4, 0.5) is 0 Å². The monoisotopic (exact) mass is 235 g/mol. The fraction of sp³-hybridized carbons (Fsp3) is 0.500. The summed E-state index contributed by atoms with van der Waals surface area (Å²) in [5.41, 5.74) is 14.0. The van der Waals surface area contributed by atoms with Gasteiger partial charge < -0.3 is 16.4 Å². The largest absolute Gasteiger partial charge is 0.369 e. The van der Waals surface area contributed by atoms with Gasteiger partial charge in [-0.1, -0.05) is 17.7 Å². The van der Waals surface area contributed by atoms with E-state index < -0.39 is 0 Å². The summed E-state index contributed by atoms with van der Waals surface area (Å²) in [4.78, 5) is 9.82. The van der Waals surface area contributed by atoms with Crippen LogP contribution in [-0.2, 0) is 0 Å². The maximum atomic E-state index is 5.65. The van der Waals surface area contributed by atoms with Gasteiger partial charge in [0.1, 0.15) is 0 Å². The summed E-state index contributed by atoms with van der Waals surface area (Å²) in [5.74, 6) is 0.595. The molecule has 1 aliphatic rings. The van der Waals surface area contributed by atoms with Crippen molar-refractivity contribution in [2.45, 2.75) is 19.8 Å². The van der Waals surface area contributed by atoms with Crippen LogP contribution in [0.3, 0.4) is 0 Å². The number of allylic oxidation sites excluding steroid dienone is 3. The van der Waals surface area contributed by atoms with Gasteiger partial charge in [-0.05, 0) is 25.3 Å². The minimum atomic E-state index is 0.232. The van der Waals surface area contributed by atoms with E-state index in [9.17, 15) is 0 Å². The van der Waals surface area contributed by atoms with Crippen LogP contribution in [0.2, 0.25) is 0 Å². The Morgan fingerprint density at radius 2 is 2.12 bits per heavy atom. The first-order valence-electron chi connectivity index (χ1n) is 5.66. The summed E-state index contributed by atoms with van der Waals surface area (Å²) in [6, 6.07) is 0. The molecule has 5 nitrogen and oxygen atoms in total. The summed E-state index contributed by atoms with van der Waals surface area (Å²) in [7, 11) is 3.62. The molecule has 4 N–H and O–H groups in total. The summed E-state index contributed by atoms with van der Waals surface area (Å²) in [6.07, 6.45) is 6.37. The highest BCUT2D eigenvalue weighted by atomic mass is 15.2. The fourth-order valence-corrected chi connectivity index (χ4v) is 1.45. The van der Waals surface area contributed by atoms with Crippen molar-refractivity contribution in [1.29, 1.82) is 0 Å². The molecule has 0 aromatic carbocycles. The van der Waals surface area contributed by atoms with Crippen molar-refractivity contribution in [1.82, 2.24) is 4.90 Å². The Kier molecular flexibility index (Phi) is 4.75. The molecule has 1 rings (SSSR count). The van der Waals surface area contributed by atoms with E-state index in [-0.39, 0.29) is 5.96 Å². The van der Waals surface area contributed by atoms with Crippen molar-refractivity contribution in [3.05, 3.63) is 23.3 Å². The lowest BCUT2D eigenvalue weighted by molar-refractivity contribution is 0.615. The van der Waals surface area contributed by atoms with Gasteiger partial charge in [0, 0.05) is 20.6 Å². The van der Waals surface area contributed by atoms with Gasteiger partial charge in [0.15, 0.2) is 5.96 Å². The first kappa shape index (κ1) is 13.3. The van der Waals surface area contributed by atoms with Gasteiger partial charge in [-0.25, -0.2) is 0 Å². The van der Waals surface area contributed by atoms with Crippen molar-refractivity contribution in [3.8, 4) is 0 Å². The van der Waals surface area contributed by atoms with E-state index in [0.717, 1.165) is 12.8 Å². The highest BCUT2D eigenvalue weighted by molar-refractivity contribution is 5.93. The minimum absolute atomic E-state index is 0.232. The zero-order chi connectivity index (χ0) is 12.8. The molecule has 0 saturated heterocycles. The molecular formula is C12H21N5. The van der Waals surface area contributed by atoms with Gasteiger partial charge in [-0.2, -0.15) is 4.99 Å². The second-order valence-electron chi connectivity index (χ2n) is 4.33. The van der Waals surface area contributed by atoms with Gasteiger partial charge in [-0.15, -0.1) is 0 Å². The topological polar surface area (TPSA) is 80.0 Å². The van der Waals surface area contributed by atoms with Crippen molar-refractivity contribution < 1.29 is 0 Å². The third-order valence-electron chi connectivity index (χ3n) is 2.48. The number of nitrogens with two attached hydrogens (primary N) is 2. The summed E-state index contributed by atoms with van der Waals surface area (Å²) in [5, 5.41) is 0. The van der Waals surface area contributed by atoms with Crippen molar-refractivity contribution in [3.63, 3.8) is 0 Å². The summed E-state index contributed by atoms with van der Waals surface area (Å²) in [6.45, 7) is 2.77. The number of aliphatic imine (C=N–C) groups is 2. The summed E-state index contributed by atoms with van der Waals surface area (Å²) >= 11 is 0. The molecule has 0 aromatic heterocycles. The van der Waals surface area contributed by atoms with Gasteiger partial charge >= 0.3 is 0 Å². The van der Waals surface area contributed by atoms with E-state index in [2.05, 4.69) is 29.1 Å². The van der Waals surface area contributed by atoms with Gasteiger partial charge in [0.2, 0.25) is 5.96 Å². The number of guanidine groups is 2. The smallest absolute Gasteiger partial charge is 0.218 e. The van der Waals surface area contributed by atoms with Crippen LogP contribution in [-0.4, -0.2) is 37.5 Å². The normalized spacial score (nSPS) is 16.9. The standard InChI is InChI=1S/C12H21N5/c1-9-4-5-10(8-9)6-7-15-11(13)16-12(14)17(2)3/h5,8H,4,6-7H2,1-3H3,(H4,13,14,15,16). The maximum Gasteiger partial charge on any atom is 0.218 e. The molecule has 0 aliphatic heterocycles. The SMILES string of the molecule is CC1=CC(CCN=C(N)N=C(N)N(C)C)=CC1. The van der Waals surface area contributed by atoms with E-state index in [1.54, 1.807) is 4.90 Å². The molecule has 0 saturated carbocycles. The Balaban J connectivity index is 2.41. The molecule has 94 valence electrons. The average Bonchev–Trinajstić information content (AvgIpc) is 2.64. The van der Waals surface area contributed by atoms with Crippen molar-refractivity contribution in [2.75, 3.05) is 20.6 Å². The molecule has 0 atom stereocenters. The van der Waals surface area contributed by atoms with Crippen molar-refractivity contribution >= 4 is 11.9 Å². The van der Waals surface area contributed by atoms with Gasteiger partial charge in [0.25, 0.3) is 0 Å². The Morgan fingerprint density at radius 1 is 1.41 bits per heavy atom. The number of nitrogens with zero attached hydrogens (tertiary/aromatic N) is 3. The molecule has 0 aromatic rings. The predicted molar refractivity (Wildman–Crippen MR) is 72.9 cm³/mol. The molecule has 5 heteroatoms. The van der Waals surface area contributed by atoms with Crippen LogP contribution in [0.25, 0.3) is 0 Å². The highest BCUT2D eigenvalue weighted by Crippen LogP contribution is 2.18. The predicted octanol–water partition coefficient (Wildman–Crippen LogP) is 0.844. The Hall–Kier alpha value is -1.78. The van der Waals surface area contributed by atoms with Crippen LogP contribution >= 0.6 is 0 Å². The Morgan fingerprint density at radius 3 is 2.65 bits per heavy atom. The van der Waals surface area contributed by atoms with Crippen LogP contribution in [0.15, 0.2) is 33.3 Å². The van der Waals surface area contributed by atoms with Crippen molar-refractivity contribution in [2.24, 2.45) is 21.5 Å². The third-order valence-corrected chi connectivity index (χ3v) is 2.48. The molecule has 0 radical (unpaired) electrons. The third kappa shape index (κ3) is 4.72. The van der Waals surface area contributed by atoms with E-state index in [1.165, 1.54) is 11.1 Å². The number of hydrogen-bond donors (Lipinski definition) is 2.